The van der Waals surface area contributed by atoms with Crippen LogP contribution in [0.2, 0.25) is 0 Å². The summed E-state index contributed by atoms with van der Waals surface area (Å²) in [6, 6.07) is -1.57. The second-order valence-electron chi connectivity index (χ2n) is 3.17. The fraction of sp³-hybridized carbons (Fsp3) is 0.625. The Morgan fingerprint density at radius 1 is 1.21 bits per heavy atom. The molecule has 6 nitrogen and oxygen atoms in total. The first kappa shape index (κ1) is 10.5. The van der Waals surface area contributed by atoms with E-state index in [1.165, 1.54) is 6.42 Å². The van der Waals surface area contributed by atoms with E-state index in [1.54, 1.807) is 0 Å². The second-order valence-corrected chi connectivity index (χ2v) is 3.17. The van der Waals surface area contributed by atoms with Gasteiger partial charge in [-0.2, -0.15) is 5.10 Å². The number of imide groups is 1. The van der Waals surface area contributed by atoms with Gasteiger partial charge in [0.2, 0.25) is 0 Å². The molecule has 0 bridgehead atoms. The van der Waals surface area contributed by atoms with E-state index in [4.69, 9.17) is 5.73 Å². The van der Waals surface area contributed by atoms with Crippen LogP contribution in [0.15, 0.2) is 5.10 Å². The number of nitrogens with one attached hydrogen (secondary N) is 2. The van der Waals surface area contributed by atoms with E-state index in [9.17, 15) is 9.59 Å². The molecule has 0 aromatic carbocycles. The summed E-state index contributed by atoms with van der Waals surface area (Å²) in [5, 5.41) is 5.75. The molecule has 0 radical (unpaired) electrons. The summed E-state index contributed by atoms with van der Waals surface area (Å²) < 4.78 is 0. The minimum Gasteiger partial charge on any atom is -0.351 e. The first-order valence-corrected chi connectivity index (χ1v) is 4.60. The van der Waals surface area contributed by atoms with Crippen LogP contribution in [0, 0.1) is 0 Å². The normalized spacial score (nSPS) is 15.9. The smallest absolute Gasteiger partial charge is 0.343 e. The Labute approximate surface area is 81.9 Å². The minimum atomic E-state index is -0.883. The summed E-state index contributed by atoms with van der Waals surface area (Å²) in [7, 11) is 0. The number of hydrogen-bond donors (Lipinski definition) is 3. The fourth-order valence-corrected chi connectivity index (χ4v) is 1.34. The molecule has 1 aliphatic rings. The highest BCUT2D eigenvalue weighted by Gasteiger charge is 2.07. The van der Waals surface area contributed by atoms with Gasteiger partial charge in [-0.3, -0.25) is 5.32 Å². The standard InChI is InChI=1S/C8H14N4O2/c9-7(13)10-8(14)12-11-6-4-2-1-3-5-6/h1-5H2,(H4,9,10,12,13,14). The topological polar surface area (TPSA) is 96.6 Å². The van der Waals surface area contributed by atoms with Crippen LogP contribution >= 0.6 is 0 Å². The van der Waals surface area contributed by atoms with E-state index in [2.05, 4.69) is 10.5 Å². The van der Waals surface area contributed by atoms with E-state index >= 15 is 0 Å². The summed E-state index contributed by atoms with van der Waals surface area (Å²) in [4.78, 5) is 21.1. The highest BCUT2D eigenvalue weighted by molar-refractivity contribution is 5.93. The summed E-state index contributed by atoms with van der Waals surface area (Å²) in [5.74, 6) is 0. The van der Waals surface area contributed by atoms with Crippen molar-refractivity contribution in [1.29, 1.82) is 0 Å². The number of rotatable bonds is 1. The molecular formula is C8H14N4O2. The molecule has 1 aliphatic carbocycles. The molecule has 0 atom stereocenters. The van der Waals surface area contributed by atoms with Gasteiger partial charge in [-0.15, -0.1) is 0 Å². The zero-order valence-corrected chi connectivity index (χ0v) is 7.88. The molecule has 0 aromatic heterocycles. The first-order valence-electron chi connectivity index (χ1n) is 4.60. The molecule has 0 heterocycles. The number of carbonyl (C=O) groups is 2. The first-order chi connectivity index (χ1) is 6.68. The van der Waals surface area contributed by atoms with Crippen molar-refractivity contribution in [2.45, 2.75) is 32.1 Å². The average Bonchev–Trinajstić information content (AvgIpc) is 2.15. The molecule has 1 saturated carbocycles. The molecule has 78 valence electrons. The lowest BCUT2D eigenvalue weighted by molar-refractivity contribution is 0.232. The van der Waals surface area contributed by atoms with Gasteiger partial charge in [-0.25, -0.2) is 15.0 Å². The predicted octanol–water partition coefficient (Wildman–Crippen LogP) is 0.684. The third kappa shape index (κ3) is 3.88. The van der Waals surface area contributed by atoms with Crippen LogP contribution in [-0.2, 0) is 0 Å². The van der Waals surface area contributed by atoms with Gasteiger partial charge in [0.1, 0.15) is 0 Å². The Hall–Kier alpha value is -1.59. The summed E-state index contributed by atoms with van der Waals surface area (Å²) in [6.07, 6.45) is 5.26. The van der Waals surface area contributed by atoms with Crippen molar-refractivity contribution in [2.75, 3.05) is 0 Å². The summed E-state index contributed by atoms with van der Waals surface area (Å²) in [6.45, 7) is 0. The van der Waals surface area contributed by atoms with E-state index in [1.807, 2.05) is 5.32 Å². The lowest BCUT2D eigenvalue weighted by Gasteiger charge is -2.11. The Balaban J connectivity index is 2.29. The Bertz CT molecular complexity index is 254. The van der Waals surface area contributed by atoms with Gasteiger partial charge in [-0.1, -0.05) is 6.42 Å². The molecule has 4 N–H and O–H groups in total. The molecule has 4 amide bonds. The van der Waals surface area contributed by atoms with Gasteiger partial charge in [0.05, 0.1) is 0 Å². The van der Waals surface area contributed by atoms with Crippen molar-refractivity contribution in [2.24, 2.45) is 10.8 Å². The van der Waals surface area contributed by atoms with E-state index in [-0.39, 0.29) is 0 Å². The summed E-state index contributed by atoms with van der Waals surface area (Å²) >= 11 is 0. The van der Waals surface area contributed by atoms with Gasteiger partial charge in [0.15, 0.2) is 0 Å². The van der Waals surface area contributed by atoms with Crippen molar-refractivity contribution < 1.29 is 9.59 Å². The van der Waals surface area contributed by atoms with Crippen molar-refractivity contribution in [3.8, 4) is 0 Å². The van der Waals surface area contributed by atoms with Crippen LogP contribution < -0.4 is 16.5 Å². The van der Waals surface area contributed by atoms with E-state index < -0.39 is 12.1 Å². The Kier molecular flexibility index (Phi) is 3.90. The molecule has 0 unspecified atom stereocenters. The molecule has 0 saturated heterocycles. The maximum absolute atomic E-state index is 10.9. The van der Waals surface area contributed by atoms with Crippen molar-refractivity contribution >= 4 is 17.8 Å². The predicted molar refractivity (Wildman–Crippen MR) is 51.8 cm³/mol. The third-order valence-corrected chi connectivity index (χ3v) is 1.98. The quantitative estimate of drug-likeness (QED) is 0.540. The summed E-state index contributed by atoms with van der Waals surface area (Å²) in [5.41, 5.74) is 7.93. The van der Waals surface area contributed by atoms with Crippen LogP contribution in [0.25, 0.3) is 0 Å². The van der Waals surface area contributed by atoms with E-state index in [0.29, 0.717) is 0 Å². The average molecular weight is 198 g/mol. The molecule has 0 spiro atoms. The number of carbonyl (C=O) groups excluding carboxylic acids is 2. The number of primary amides is 1. The zero-order valence-electron chi connectivity index (χ0n) is 7.88. The van der Waals surface area contributed by atoms with Gasteiger partial charge in [-0.05, 0) is 25.7 Å². The fourth-order valence-electron chi connectivity index (χ4n) is 1.34. The van der Waals surface area contributed by atoms with Crippen LogP contribution in [0.1, 0.15) is 32.1 Å². The van der Waals surface area contributed by atoms with E-state index in [0.717, 1.165) is 31.4 Å². The number of nitrogens with zero attached hydrogens (tertiary/aromatic N) is 1. The van der Waals surface area contributed by atoms with Crippen molar-refractivity contribution in [3.63, 3.8) is 0 Å². The van der Waals surface area contributed by atoms with Crippen LogP contribution in [-0.4, -0.2) is 17.8 Å². The van der Waals surface area contributed by atoms with Crippen LogP contribution in [0.4, 0.5) is 9.59 Å². The molecule has 1 fully saturated rings. The maximum atomic E-state index is 10.9. The molecule has 1 rings (SSSR count). The zero-order chi connectivity index (χ0) is 10.4. The molecule has 14 heavy (non-hydrogen) atoms. The Morgan fingerprint density at radius 3 is 2.43 bits per heavy atom. The maximum Gasteiger partial charge on any atom is 0.343 e. The van der Waals surface area contributed by atoms with Gasteiger partial charge in [0.25, 0.3) is 0 Å². The number of nitrogens with two attached hydrogens (primary N) is 1. The number of hydrazone groups is 1. The molecule has 0 aromatic rings. The van der Waals surface area contributed by atoms with Crippen molar-refractivity contribution in [1.82, 2.24) is 10.7 Å². The van der Waals surface area contributed by atoms with Gasteiger partial charge in [0, 0.05) is 5.71 Å². The largest absolute Gasteiger partial charge is 0.351 e. The molecular weight excluding hydrogens is 184 g/mol. The van der Waals surface area contributed by atoms with Gasteiger partial charge < -0.3 is 5.73 Å². The molecule has 0 aliphatic heterocycles. The van der Waals surface area contributed by atoms with Gasteiger partial charge >= 0.3 is 12.1 Å². The number of amides is 4. The lowest BCUT2D eigenvalue weighted by atomic mass is 9.99. The lowest BCUT2D eigenvalue weighted by Crippen LogP contribution is -2.40. The number of urea groups is 2. The monoisotopic (exact) mass is 198 g/mol. The number of hydrogen-bond acceptors (Lipinski definition) is 3. The van der Waals surface area contributed by atoms with Crippen LogP contribution in [0.3, 0.4) is 0 Å². The SMILES string of the molecule is NC(=O)NC(=O)NN=C1CCCCC1. The second kappa shape index (κ2) is 5.21. The Morgan fingerprint density at radius 2 is 1.86 bits per heavy atom. The minimum absolute atomic E-state index is 0.685. The van der Waals surface area contributed by atoms with Crippen LogP contribution in [0.5, 0.6) is 0 Å². The highest BCUT2D eigenvalue weighted by Crippen LogP contribution is 2.13. The molecule has 6 heteroatoms. The van der Waals surface area contributed by atoms with Crippen molar-refractivity contribution in [3.05, 3.63) is 0 Å². The third-order valence-electron chi connectivity index (χ3n) is 1.98. The highest BCUT2D eigenvalue weighted by atomic mass is 16.2.